The highest BCUT2D eigenvalue weighted by atomic mass is 32.2. The zero-order chi connectivity index (χ0) is 22.4. The largest absolute Gasteiger partial charge is 0.493 e. The normalized spacial score (nSPS) is 14.6. The number of hydrogen-bond donors (Lipinski definition) is 0. The van der Waals surface area contributed by atoms with Crippen molar-refractivity contribution in [3.05, 3.63) is 53.6 Å². The van der Waals surface area contributed by atoms with Gasteiger partial charge in [0.15, 0.2) is 23.9 Å². The first-order valence-corrected chi connectivity index (χ1v) is 10.9. The van der Waals surface area contributed by atoms with Crippen LogP contribution < -0.4 is 9.47 Å². The Morgan fingerprint density at radius 2 is 1.55 bits per heavy atom. The molecule has 0 saturated carbocycles. The lowest BCUT2D eigenvalue weighted by atomic mass is 10.1. The van der Waals surface area contributed by atoms with Gasteiger partial charge in [-0.25, -0.2) is 13.2 Å². The average molecular weight is 449 g/mol. The van der Waals surface area contributed by atoms with Gasteiger partial charge in [0, 0.05) is 18.7 Å². The number of carbonyl (C=O) groups excluding carboxylic acids is 2. The number of benzene rings is 2. The summed E-state index contributed by atoms with van der Waals surface area (Å²) in [6, 6.07) is 10.0. The molecule has 0 radical (unpaired) electrons. The Bertz CT molecular complexity index is 1040. The maximum Gasteiger partial charge on any atom is 0.338 e. The molecule has 0 spiro atoms. The molecular weight excluding hydrogens is 426 g/mol. The van der Waals surface area contributed by atoms with Crippen molar-refractivity contribution >= 4 is 21.8 Å². The molecule has 0 atom stereocenters. The highest BCUT2D eigenvalue weighted by Gasteiger charge is 2.26. The second-order valence-corrected chi connectivity index (χ2v) is 8.55. The summed E-state index contributed by atoms with van der Waals surface area (Å²) in [6.07, 6.45) is 0. The van der Waals surface area contributed by atoms with E-state index in [1.54, 1.807) is 12.1 Å². The standard InChI is InChI=1S/C21H23NO8S/c1-27-19-8-5-16(13-20(19)28-2)18(23)14-30-21(24)15-3-6-17(7-4-15)31(25,26)22-9-11-29-12-10-22/h3-8,13H,9-12,14H2,1-2H3. The predicted molar refractivity (Wildman–Crippen MR) is 110 cm³/mol. The van der Waals surface area contributed by atoms with Crippen LogP contribution in [0.25, 0.3) is 0 Å². The Morgan fingerprint density at radius 3 is 2.16 bits per heavy atom. The third-order valence-electron chi connectivity index (χ3n) is 4.74. The number of esters is 1. The minimum atomic E-state index is -3.65. The Balaban J connectivity index is 1.62. The number of hydrogen-bond acceptors (Lipinski definition) is 8. The molecule has 9 nitrogen and oxygen atoms in total. The van der Waals surface area contributed by atoms with E-state index in [0.717, 1.165) is 0 Å². The summed E-state index contributed by atoms with van der Waals surface area (Å²) in [4.78, 5) is 24.7. The van der Waals surface area contributed by atoms with Crippen LogP contribution in [-0.2, 0) is 19.5 Å². The molecule has 0 unspecified atom stereocenters. The minimum Gasteiger partial charge on any atom is -0.493 e. The van der Waals surface area contributed by atoms with Crippen molar-refractivity contribution < 1.29 is 37.0 Å². The summed E-state index contributed by atoms with van der Waals surface area (Å²) in [6.45, 7) is 0.784. The molecular formula is C21H23NO8S. The van der Waals surface area contributed by atoms with Gasteiger partial charge in [-0.2, -0.15) is 4.31 Å². The number of sulfonamides is 1. The van der Waals surface area contributed by atoms with Crippen molar-refractivity contribution in [3.8, 4) is 11.5 Å². The summed E-state index contributed by atoms with van der Waals surface area (Å²) in [5.74, 6) is -0.287. The second-order valence-electron chi connectivity index (χ2n) is 6.61. The molecule has 1 aliphatic heterocycles. The summed E-state index contributed by atoms with van der Waals surface area (Å²) < 4.78 is 47.1. The lowest BCUT2D eigenvalue weighted by Gasteiger charge is -2.26. The van der Waals surface area contributed by atoms with Gasteiger partial charge in [0.05, 0.1) is 37.9 Å². The lowest BCUT2D eigenvalue weighted by Crippen LogP contribution is -2.40. The predicted octanol–water partition coefficient (Wildman–Crippen LogP) is 1.76. The van der Waals surface area contributed by atoms with Gasteiger partial charge in [-0.05, 0) is 42.5 Å². The van der Waals surface area contributed by atoms with Crippen LogP contribution in [0.15, 0.2) is 47.4 Å². The summed E-state index contributed by atoms with van der Waals surface area (Å²) in [5, 5.41) is 0. The number of rotatable bonds is 8. The van der Waals surface area contributed by atoms with Crippen LogP contribution >= 0.6 is 0 Å². The molecule has 1 heterocycles. The molecule has 0 aliphatic carbocycles. The molecule has 2 aromatic carbocycles. The minimum absolute atomic E-state index is 0.0763. The SMILES string of the molecule is COc1ccc(C(=O)COC(=O)c2ccc(S(=O)(=O)N3CCOCC3)cc2)cc1OC. The van der Waals surface area contributed by atoms with Crippen LogP contribution in [0.5, 0.6) is 11.5 Å². The molecule has 0 bridgehead atoms. The van der Waals surface area contributed by atoms with E-state index < -0.39 is 28.4 Å². The smallest absolute Gasteiger partial charge is 0.338 e. The maximum atomic E-state index is 12.6. The van der Waals surface area contributed by atoms with E-state index in [2.05, 4.69) is 0 Å². The van der Waals surface area contributed by atoms with E-state index >= 15 is 0 Å². The molecule has 3 rings (SSSR count). The number of methoxy groups -OCH3 is 2. The van der Waals surface area contributed by atoms with E-state index in [4.69, 9.17) is 18.9 Å². The molecule has 2 aromatic rings. The second kappa shape index (κ2) is 9.90. The van der Waals surface area contributed by atoms with Crippen molar-refractivity contribution in [1.82, 2.24) is 4.31 Å². The molecule has 1 saturated heterocycles. The van der Waals surface area contributed by atoms with E-state index in [1.807, 2.05) is 0 Å². The Kier molecular flexibility index (Phi) is 7.26. The van der Waals surface area contributed by atoms with Crippen molar-refractivity contribution in [1.29, 1.82) is 0 Å². The summed E-state index contributed by atoms with van der Waals surface area (Å²) in [7, 11) is -0.716. The van der Waals surface area contributed by atoms with Crippen molar-refractivity contribution in [2.45, 2.75) is 4.90 Å². The summed E-state index contributed by atoms with van der Waals surface area (Å²) in [5.41, 5.74) is 0.443. The number of morpholine rings is 1. The zero-order valence-corrected chi connectivity index (χ0v) is 18.0. The third-order valence-corrected chi connectivity index (χ3v) is 6.65. The van der Waals surface area contributed by atoms with Gasteiger partial charge >= 0.3 is 5.97 Å². The number of ether oxygens (including phenoxy) is 4. The molecule has 31 heavy (non-hydrogen) atoms. The fourth-order valence-corrected chi connectivity index (χ4v) is 4.41. The lowest BCUT2D eigenvalue weighted by molar-refractivity contribution is 0.0474. The number of ketones is 1. The van der Waals surface area contributed by atoms with Crippen LogP contribution in [0.1, 0.15) is 20.7 Å². The van der Waals surface area contributed by atoms with Crippen LogP contribution in [0.2, 0.25) is 0 Å². The molecule has 0 aromatic heterocycles. The quantitative estimate of drug-likeness (QED) is 0.443. The monoisotopic (exact) mass is 449 g/mol. The Morgan fingerprint density at radius 1 is 0.935 bits per heavy atom. The van der Waals surface area contributed by atoms with Gasteiger partial charge < -0.3 is 18.9 Å². The van der Waals surface area contributed by atoms with Gasteiger partial charge in [-0.15, -0.1) is 0 Å². The van der Waals surface area contributed by atoms with Crippen LogP contribution in [0, 0.1) is 0 Å². The average Bonchev–Trinajstić information content (AvgIpc) is 2.82. The fraction of sp³-hybridized carbons (Fsp3) is 0.333. The first-order valence-electron chi connectivity index (χ1n) is 9.47. The number of nitrogens with zero attached hydrogens (tertiary/aromatic N) is 1. The summed E-state index contributed by atoms with van der Waals surface area (Å²) >= 11 is 0. The first-order chi connectivity index (χ1) is 14.9. The topological polar surface area (TPSA) is 108 Å². The first kappa shape index (κ1) is 22.7. The molecule has 166 valence electrons. The van der Waals surface area contributed by atoms with E-state index in [-0.39, 0.29) is 23.5 Å². The van der Waals surface area contributed by atoms with E-state index in [9.17, 15) is 18.0 Å². The fourth-order valence-electron chi connectivity index (χ4n) is 3.01. The number of carbonyl (C=O) groups is 2. The Labute approximate surface area is 180 Å². The highest BCUT2D eigenvalue weighted by Crippen LogP contribution is 2.27. The molecule has 0 amide bonds. The van der Waals surface area contributed by atoms with Gasteiger partial charge in [-0.1, -0.05) is 0 Å². The third kappa shape index (κ3) is 5.22. The highest BCUT2D eigenvalue weighted by molar-refractivity contribution is 7.89. The van der Waals surface area contributed by atoms with Crippen molar-refractivity contribution in [3.63, 3.8) is 0 Å². The maximum absolute atomic E-state index is 12.6. The van der Waals surface area contributed by atoms with Gasteiger partial charge in [0.25, 0.3) is 0 Å². The van der Waals surface area contributed by atoms with Gasteiger partial charge in [0.1, 0.15) is 0 Å². The molecule has 10 heteroatoms. The van der Waals surface area contributed by atoms with E-state index in [0.29, 0.717) is 30.3 Å². The van der Waals surface area contributed by atoms with Crippen LogP contribution in [0.3, 0.4) is 0 Å². The zero-order valence-electron chi connectivity index (χ0n) is 17.2. The van der Waals surface area contributed by atoms with Crippen molar-refractivity contribution in [2.24, 2.45) is 0 Å². The number of Topliss-reactive ketones (excluding diaryl/α,β-unsaturated/α-hetero) is 1. The van der Waals surface area contributed by atoms with Gasteiger partial charge in [-0.3, -0.25) is 4.79 Å². The molecule has 0 N–H and O–H groups in total. The van der Waals surface area contributed by atoms with Gasteiger partial charge in [0.2, 0.25) is 10.0 Å². The van der Waals surface area contributed by atoms with Crippen molar-refractivity contribution in [2.75, 3.05) is 47.1 Å². The van der Waals surface area contributed by atoms with Crippen LogP contribution in [-0.4, -0.2) is 71.6 Å². The van der Waals surface area contributed by atoms with E-state index in [1.165, 1.54) is 48.9 Å². The molecule has 1 aliphatic rings. The van der Waals surface area contributed by atoms with Crippen LogP contribution in [0.4, 0.5) is 0 Å². The molecule has 1 fully saturated rings. The Hall–Kier alpha value is -2.95.